The normalized spacial score (nSPS) is 15.2. The molecule has 0 unspecified atom stereocenters. The average molecular weight is 365 g/mol. The Morgan fingerprint density at radius 3 is 2.73 bits per heavy atom. The van der Waals surface area contributed by atoms with Crippen molar-refractivity contribution in [2.24, 2.45) is 0 Å². The van der Waals surface area contributed by atoms with Gasteiger partial charge in [-0.2, -0.15) is 0 Å². The lowest BCUT2D eigenvalue weighted by Crippen LogP contribution is -2.34. The van der Waals surface area contributed by atoms with Gasteiger partial charge in [0, 0.05) is 28.8 Å². The van der Waals surface area contributed by atoms with Crippen LogP contribution < -0.4 is 10.1 Å². The second kappa shape index (κ2) is 7.18. The number of carbonyl (C=O) groups excluding carboxylic acids is 1. The average Bonchev–Trinajstić information content (AvgIpc) is 3.10. The number of halogens is 1. The molecule has 5 heteroatoms. The molecule has 4 nitrogen and oxygen atoms in total. The third kappa shape index (κ3) is 3.41. The van der Waals surface area contributed by atoms with E-state index in [1.54, 1.807) is 30.5 Å². The molecule has 3 aromatic rings. The maximum Gasteiger partial charge on any atom is 0.251 e. The van der Waals surface area contributed by atoms with Crippen LogP contribution in [-0.4, -0.2) is 23.5 Å². The standard InChI is InChI=1S/C21H17ClN2O2/c22-16-9-7-14(8-10-16)21(25)24-13-17-12-15-4-3-5-18(20(15)26-17)19-6-1-2-11-23-19/h1-11,17H,12-13H2,(H,24,25)/t17-/m1/s1. The second-order valence-electron chi connectivity index (χ2n) is 6.17. The molecular weight excluding hydrogens is 348 g/mol. The van der Waals surface area contributed by atoms with E-state index in [9.17, 15) is 4.79 Å². The molecule has 0 saturated heterocycles. The fourth-order valence-electron chi connectivity index (χ4n) is 3.09. The highest BCUT2D eigenvalue weighted by Gasteiger charge is 2.26. The van der Waals surface area contributed by atoms with E-state index in [1.165, 1.54) is 0 Å². The van der Waals surface area contributed by atoms with Crippen LogP contribution in [0.1, 0.15) is 15.9 Å². The van der Waals surface area contributed by atoms with Crippen molar-refractivity contribution < 1.29 is 9.53 Å². The molecule has 0 spiro atoms. The first-order valence-corrected chi connectivity index (χ1v) is 8.82. The van der Waals surface area contributed by atoms with Gasteiger partial charge in [0.25, 0.3) is 5.91 Å². The number of nitrogens with zero attached hydrogens (tertiary/aromatic N) is 1. The summed E-state index contributed by atoms with van der Waals surface area (Å²) in [4.78, 5) is 16.7. The van der Waals surface area contributed by atoms with Crippen molar-refractivity contribution in [3.05, 3.63) is 83.0 Å². The SMILES string of the molecule is O=C(NC[C@H]1Cc2cccc(-c3ccccn3)c2O1)c1ccc(Cl)cc1. The van der Waals surface area contributed by atoms with Crippen LogP contribution in [0.5, 0.6) is 5.75 Å². The van der Waals surface area contributed by atoms with Gasteiger partial charge in [-0.25, -0.2) is 0 Å². The Balaban J connectivity index is 1.44. The van der Waals surface area contributed by atoms with Crippen molar-refractivity contribution in [2.45, 2.75) is 12.5 Å². The molecule has 0 fully saturated rings. The molecule has 26 heavy (non-hydrogen) atoms. The predicted octanol–water partition coefficient (Wildman–Crippen LogP) is 4.14. The van der Waals surface area contributed by atoms with Crippen LogP contribution in [0, 0.1) is 0 Å². The Morgan fingerprint density at radius 2 is 1.96 bits per heavy atom. The van der Waals surface area contributed by atoms with Crippen molar-refractivity contribution in [1.29, 1.82) is 0 Å². The van der Waals surface area contributed by atoms with E-state index >= 15 is 0 Å². The van der Waals surface area contributed by atoms with Gasteiger partial charge in [0.2, 0.25) is 0 Å². The molecule has 1 amide bonds. The molecule has 2 aromatic carbocycles. The van der Waals surface area contributed by atoms with Gasteiger partial charge >= 0.3 is 0 Å². The van der Waals surface area contributed by atoms with Crippen LogP contribution in [0.25, 0.3) is 11.3 Å². The summed E-state index contributed by atoms with van der Waals surface area (Å²) < 4.78 is 6.12. The quantitative estimate of drug-likeness (QED) is 0.757. The number of aromatic nitrogens is 1. The van der Waals surface area contributed by atoms with Crippen LogP contribution in [-0.2, 0) is 6.42 Å². The van der Waals surface area contributed by atoms with Crippen LogP contribution in [0.15, 0.2) is 66.9 Å². The summed E-state index contributed by atoms with van der Waals surface area (Å²) in [5, 5.41) is 3.54. The highest BCUT2D eigenvalue weighted by atomic mass is 35.5. The van der Waals surface area contributed by atoms with Crippen LogP contribution >= 0.6 is 11.6 Å². The van der Waals surface area contributed by atoms with Gasteiger partial charge < -0.3 is 10.1 Å². The molecule has 0 aliphatic carbocycles. The van der Waals surface area contributed by atoms with Gasteiger partial charge in [-0.05, 0) is 48.0 Å². The lowest BCUT2D eigenvalue weighted by Gasteiger charge is -2.13. The Bertz CT molecular complexity index is 927. The lowest BCUT2D eigenvalue weighted by molar-refractivity contribution is 0.0933. The first-order valence-electron chi connectivity index (χ1n) is 8.44. The van der Waals surface area contributed by atoms with E-state index < -0.39 is 0 Å². The number of rotatable bonds is 4. The number of ether oxygens (including phenoxy) is 1. The highest BCUT2D eigenvalue weighted by Crippen LogP contribution is 2.37. The number of hydrogen-bond donors (Lipinski definition) is 1. The minimum atomic E-state index is -0.133. The highest BCUT2D eigenvalue weighted by molar-refractivity contribution is 6.30. The zero-order chi connectivity index (χ0) is 17.9. The molecule has 1 aliphatic heterocycles. The maximum absolute atomic E-state index is 12.3. The number of para-hydroxylation sites is 1. The third-order valence-electron chi connectivity index (χ3n) is 4.37. The molecule has 0 bridgehead atoms. The first-order chi connectivity index (χ1) is 12.7. The number of nitrogens with one attached hydrogen (secondary N) is 1. The topological polar surface area (TPSA) is 51.2 Å². The first kappa shape index (κ1) is 16.6. The number of amides is 1. The van der Waals surface area contributed by atoms with Crippen LogP contribution in [0.3, 0.4) is 0 Å². The molecule has 0 radical (unpaired) electrons. The van der Waals surface area contributed by atoms with Gasteiger partial charge in [-0.3, -0.25) is 9.78 Å². The van der Waals surface area contributed by atoms with Gasteiger partial charge in [0.15, 0.2) is 0 Å². The van der Waals surface area contributed by atoms with Crippen molar-refractivity contribution in [1.82, 2.24) is 10.3 Å². The largest absolute Gasteiger partial charge is 0.487 e. The Kier molecular flexibility index (Phi) is 4.59. The lowest BCUT2D eigenvalue weighted by atomic mass is 10.0. The molecule has 4 rings (SSSR count). The Labute approximate surface area is 156 Å². The van der Waals surface area contributed by atoms with Gasteiger partial charge in [-0.15, -0.1) is 0 Å². The maximum atomic E-state index is 12.3. The van der Waals surface area contributed by atoms with E-state index in [1.807, 2.05) is 30.3 Å². The number of pyridine rings is 1. The van der Waals surface area contributed by atoms with Crippen LogP contribution in [0.4, 0.5) is 0 Å². The predicted molar refractivity (Wildman–Crippen MR) is 102 cm³/mol. The Morgan fingerprint density at radius 1 is 1.12 bits per heavy atom. The number of hydrogen-bond acceptors (Lipinski definition) is 3. The summed E-state index contributed by atoms with van der Waals surface area (Å²) in [7, 11) is 0. The molecule has 130 valence electrons. The van der Waals surface area contributed by atoms with E-state index in [-0.39, 0.29) is 12.0 Å². The second-order valence-corrected chi connectivity index (χ2v) is 6.61. The number of benzene rings is 2. The van der Waals surface area contributed by atoms with Crippen molar-refractivity contribution in [2.75, 3.05) is 6.54 Å². The summed E-state index contributed by atoms with van der Waals surface area (Å²) >= 11 is 5.86. The summed E-state index contributed by atoms with van der Waals surface area (Å²) in [5.41, 5.74) is 3.59. The molecule has 1 N–H and O–H groups in total. The van der Waals surface area contributed by atoms with Gasteiger partial charge in [0.05, 0.1) is 12.2 Å². The number of carbonyl (C=O) groups is 1. The fourth-order valence-corrected chi connectivity index (χ4v) is 3.21. The zero-order valence-corrected chi connectivity index (χ0v) is 14.7. The molecular formula is C21H17ClN2O2. The fraction of sp³-hybridized carbons (Fsp3) is 0.143. The summed E-state index contributed by atoms with van der Waals surface area (Å²) in [5.74, 6) is 0.725. The number of fused-ring (bicyclic) bond motifs is 1. The summed E-state index contributed by atoms with van der Waals surface area (Å²) in [6.45, 7) is 0.442. The molecule has 2 heterocycles. The summed E-state index contributed by atoms with van der Waals surface area (Å²) in [6.07, 6.45) is 2.44. The molecule has 1 atom stereocenters. The van der Waals surface area contributed by atoms with Gasteiger partial charge in [0.1, 0.15) is 11.9 Å². The smallest absolute Gasteiger partial charge is 0.251 e. The summed E-state index contributed by atoms with van der Waals surface area (Å²) in [6, 6.07) is 18.7. The Hall–Kier alpha value is -2.85. The van der Waals surface area contributed by atoms with E-state index in [2.05, 4.69) is 16.4 Å². The van der Waals surface area contributed by atoms with Crippen molar-refractivity contribution >= 4 is 17.5 Å². The third-order valence-corrected chi connectivity index (χ3v) is 4.62. The molecule has 0 saturated carbocycles. The van der Waals surface area contributed by atoms with Crippen LogP contribution in [0.2, 0.25) is 5.02 Å². The van der Waals surface area contributed by atoms with Gasteiger partial charge in [-0.1, -0.05) is 29.8 Å². The minimum absolute atomic E-state index is 0.0916. The zero-order valence-electron chi connectivity index (χ0n) is 14.0. The van der Waals surface area contributed by atoms with E-state index in [0.717, 1.165) is 29.0 Å². The monoisotopic (exact) mass is 364 g/mol. The minimum Gasteiger partial charge on any atom is -0.487 e. The van der Waals surface area contributed by atoms with Crippen molar-refractivity contribution in [3.8, 4) is 17.0 Å². The van der Waals surface area contributed by atoms with E-state index in [4.69, 9.17) is 16.3 Å². The molecule has 1 aliphatic rings. The van der Waals surface area contributed by atoms with E-state index in [0.29, 0.717) is 17.1 Å². The molecule has 1 aromatic heterocycles. The van der Waals surface area contributed by atoms with Crippen molar-refractivity contribution in [3.63, 3.8) is 0 Å².